The molecule has 0 unspecified atom stereocenters. The fourth-order valence-corrected chi connectivity index (χ4v) is 4.43. The van der Waals surface area contributed by atoms with Crippen LogP contribution in [-0.4, -0.2) is 32.6 Å². The minimum atomic E-state index is 0.412. The molecule has 4 heterocycles. The predicted molar refractivity (Wildman–Crippen MR) is 116 cm³/mol. The Morgan fingerprint density at radius 2 is 1.93 bits per heavy atom. The molecule has 5 rings (SSSR count). The second-order valence-corrected chi connectivity index (χ2v) is 7.82. The molecule has 5 nitrogen and oxygen atoms in total. The van der Waals surface area contributed by atoms with E-state index >= 15 is 0 Å². The maximum Gasteiger partial charge on any atom is 0.113 e. The van der Waals surface area contributed by atoms with E-state index in [4.69, 9.17) is 9.97 Å². The number of aryl methyl sites for hydroxylation is 1. The molecule has 0 N–H and O–H groups in total. The van der Waals surface area contributed by atoms with E-state index in [-0.39, 0.29) is 0 Å². The minimum absolute atomic E-state index is 0.412. The molecule has 0 saturated carbocycles. The van der Waals surface area contributed by atoms with Crippen LogP contribution in [0, 0.1) is 6.92 Å². The maximum atomic E-state index is 4.74. The normalized spacial score (nSPS) is 17.0. The summed E-state index contributed by atoms with van der Waals surface area (Å²) in [6.07, 6.45) is 8.18. The molecule has 4 aromatic rings. The number of hydrogen-bond acceptors (Lipinski definition) is 4. The van der Waals surface area contributed by atoms with Crippen LogP contribution in [0.15, 0.2) is 67.1 Å². The number of anilines is 1. The van der Waals surface area contributed by atoms with Crippen LogP contribution in [-0.2, 0) is 6.54 Å². The molecule has 1 aromatic carbocycles. The summed E-state index contributed by atoms with van der Waals surface area (Å²) in [6, 6.07) is 16.7. The lowest BCUT2D eigenvalue weighted by molar-refractivity contribution is 0.476. The number of aromatic nitrogens is 4. The zero-order chi connectivity index (χ0) is 19.6. The SMILES string of the molecule is Cc1cc(N2CCC[C@@H](c3nccn3Cc3ccccn3)C2)c2ccccc2n1. The monoisotopic (exact) mass is 383 g/mol. The van der Waals surface area contributed by atoms with Gasteiger partial charge in [0, 0.05) is 54.4 Å². The van der Waals surface area contributed by atoms with E-state index in [1.165, 1.54) is 11.1 Å². The summed E-state index contributed by atoms with van der Waals surface area (Å²) in [5, 5.41) is 1.23. The van der Waals surface area contributed by atoms with E-state index in [9.17, 15) is 0 Å². The van der Waals surface area contributed by atoms with Crippen LogP contribution < -0.4 is 4.90 Å². The number of nitrogens with zero attached hydrogens (tertiary/aromatic N) is 5. The van der Waals surface area contributed by atoms with Crippen molar-refractivity contribution in [3.63, 3.8) is 0 Å². The molecule has 1 saturated heterocycles. The number of piperidine rings is 1. The molecular weight excluding hydrogens is 358 g/mol. The summed E-state index contributed by atoms with van der Waals surface area (Å²) >= 11 is 0. The predicted octanol–water partition coefficient (Wildman–Crippen LogP) is 4.57. The lowest BCUT2D eigenvalue weighted by atomic mass is 9.96. The largest absolute Gasteiger partial charge is 0.370 e. The van der Waals surface area contributed by atoms with Gasteiger partial charge in [0.25, 0.3) is 0 Å². The van der Waals surface area contributed by atoms with Crippen molar-refractivity contribution in [2.45, 2.75) is 32.2 Å². The number of imidazole rings is 1. The van der Waals surface area contributed by atoms with E-state index in [1.807, 2.05) is 24.5 Å². The highest BCUT2D eigenvalue weighted by atomic mass is 15.2. The number of pyridine rings is 2. The van der Waals surface area contributed by atoms with Crippen molar-refractivity contribution in [2.75, 3.05) is 18.0 Å². The van der Waals surface area contributed by atoms with Crippen LogP contribution in [0.25, 0.3) is 10.9 Å². The van der Waals surface area contributed by atoms with Crippen LogP contribution in [0.4, 0.5) is 5.69 Å². The van der Waals surface area contributed by atoms with E-state index < -0.39 is 0 Å². The first-order valence-corrected chi connectivity index (χ1v) is 10.3. The van der Waals surface area contributed by atoms with Crippen LogP contribution in [0.1, 0.15) is 36.0 Å². The Hall–Kier alpha value is -3.21. The van der Waals surface area contributed by atoms with E-state index in [1.54, 1.807) is 0 Å². The second kappa shape index (κ2) is 7.66. The van der Waals surface area contributed by atoms with E-state index in [0.29, 0.717) is 5.92 Å². The first-order chi connectivity index (χ1) is 14.3. The molecule has 0 bridgehead atoms. The van der Waals surface area contributed by atoms with Crippen molar-refractivity contribution in [1.29, 1.82) is 0 Å². The highest BCUT2D eigenvalue weighted by Gasteiger charge is 2.26. The Morgan fingerprint density at radius 3 is 2.83 bits per heavy atom. The van der Waals surface area contributed by atoms with Gasteiger partial charge < -0.3 is 9.47 Å². The van der Waals surface area contributed by atoms with Gasteiger partial charge in [-0.3, -0.25) is 9.97 Å². The summed E-state index contributed by atoms with van der Waals surface area (Å²) < 4.78 is 2.26. The zero-order valence-electron chi connectivity index (χ0n) is 16.7. The number of para-hydroxylation sites is 1. The van der Waals surface area contributed by atoms with Crippen molar-refractivity contribution in [3.05, 3.63) is 84.3 Å². The number of fused-ring (bicyclic) bond motifs is 1. The van der Waals surface area contributed by atoms with E-state index in [0.717, 1.165) is 55.2 Å². The smallest absolute Gasteiger partial charge is 0.113 e. The maximum absolute atomic E-state index is 4.74. The van der Waals surface area contributed by atoms with Gasteiger partial charge in [0.1, 0.15) is 5.82 Å². The van der Waals surface area contributed by atoms with Crippen molar-refractivity contribution < 1.29 is 0 Å². The second-order valence-electron chi connectivity index (χ2n) is 7.82. The van der Waals surface area contributed by atoms with Gasteiger partial charge in [-0.2, -0.15) is 0 Å². The Labute approximate surface area is 171 Å². The Bertz CT molecular complexity index is 1120. The highest BCUT2D eigenvalue weighted by molar-refractivity contribution is 5.92. The Balaban J connectivity index is 1.44. The van der Waals surface area contributed by atoms with Crippen molar-refractivity contribution >= 4 is 16.6 Å². The summed E-state index contributed by atoms with van der Waals surface area (Å²) in [6.45, 7) is 4.90. The van der Waals surface area contributed by atoms with Gasteiger partial charge in [-0.05, 0) is 44.0 Å². The molecule has 0 amide bonds. The Morgan fingerprint density at radius 1 is 1.03 bits per heavy atom. The molecule has 0 spiro atoms. The topological polar surface area (TPSA) is 46.8 Å². The molecule has 1 aliphatic rings. The van der Waals surface area contributed by atoms with Gasteiger partial charge >= 0.3 is 0 Å². The van der Waals surface area contributed by atoms with Crippen molar-refractivity contribution in [1.82, 2.24) is 19.5 Å². The molecule has 0 radical (unpaired) electrons. The molecule has 1 aliphatic heterocycles. The van der Waals surface area contributed by atoms with Gasteiger partial charge in [-0.25, -0.2) is 4.98 Å². The molecule has 29 heavy (non-hydrogen) atoms. The van der Waals surface area contributed by atoms with Crippen LogP contribution in [0.3, 0.4) is 0 Å². The van der Waals surface area contributed by atoms with E-state index in [2.05, 4.69) is 64.0 Å². The first-order valence-electron chi connectivity index (χ1n) is 10.3. The van der Waals surface area contributed by atoms with Crippen molar-refractivity contribution in [2.24, 2.45) is 0 Å². The standard InChI is InChI=1S/C24H25N5/c1-18-15-23(21-9-2-3-10-22(21)27-18)28-13-6-7-19(16-28)24-26-12-14-29(24)17-20-8-4-5-11-25-20/h2-5,8-12,14-15,19H,6-7,13,16-17H2,1H3/t19-/m1/s1. The van der Waals surface area contributed by atoms with Gasteiger partial charge in [-0.1, -0.05) is 24.3 Å². The van der Waals surface area contributed by atoms with Crippen LogP contribution in [0.2, 0.25) is 0 Å². The first kappa shape index (κ1) is 17.9. The third-order valence-electron chi connectivity index (χ3n) is 5.76. The molecule has 5 heteroatoms. The fraction of sp³-hybridized carbons (Fsp3) is 0.292. The fourth-order valence-electron chi connectivity index (χ4n) is 4.43. The molecule has 0 aliphatic carbocycles. The van der Waals surface area contributed by atoms with Crippen LogP contribution >= 0.6 is 0 Å². The summed E-state index contributed by atoms with van der Waals surface area (Å²) in [5.41, 5.74) is 4.49. The van der Waals surface area contributed by atoms with Gasteiger partial charge in [0.15, 0.2) is 0 Å². The number of rotatable bonds is 4. The third kappa shape index (κ3) is 3.60. The summed E-state index contributed by atoms with van der Waals surface area (Å²) in [4.78, 5) is 16.5. The number of hydrogen-bond donors (Lipinski definition) is 0. The number of benzene rings is 1. The average molecular weight is 383 g/mol. The molecule has 1 fully saturated rings. The summed E-state index contributed by atoms with van der Waals surface area (Å²) in [7, 11) is 0. The lowest BCUT2D eigenvalue weighted by Crippen LogP contribution is -2.35. The van der Waals surface area contributed by atoms with Crippen LogP contribution in [0.5, 0.6) is 0 Å². The zero-order valence-corrected chi connectivity index (χ0v) is 16.7. The lowest BCUT2D eigenvalue weighted by Gasteiger charge is -2.35. The average Bonchev–Trinajstić information content (AvgIpc) is 3.22. The third-order valence-corrected chi connectivity index (χ3v) is 5.76. The Kier molecular flexibility index (Phi) is 4.72. The molecule has 146 valence electrons. The van der Waals surface area contributed by atoms with Crippen molar-refractivity contribution in [3.8, 4) is 0 Å². The molecule has 3 aromatic heterocycles. The highest BCUT2D eigenvalue weighted by Crippen LogP contribution is 2.33. The molecular formula is C24H25N5. The quantitative estimate of drug-likeness (QED) is 0.518. The molecule has 1 atom stereocenters. The minimum Gasteiger partial charge on any atom is -0.370 e. The van der Waals surface area contributed by atoms with Gasteiger partial charge in [-0.15, -0.1) is 0 Å². The van der Waals surface area contributed by atoms with Gasteiger partial charge in [0.05, 0.1) is 17.8 Å². The van der Waals surface area contributed by atoms with Gasteiger partial charge in [0.2, 0.25) is 0 Å². The summed E-state index contributed by atoms with van der Waals surface area (Å²) in [5.74, 6) is 1.57.